The van der Waals surface area contributed by atoms with Gasteiger partial charge in [0.2, 0.25) is 0 Å². The first-order valence-corrected chi connectivity index (χ1v) is 17.7. The Hall–Kier alpha value is -7.02. The van der Waals surface area contributed by atoms with Crippen LogP contribution in [0.25, 0.3) is 78.8 Å². The molecule has 1 aliphatic heterocycles. The highest BCUT2D eigenvalue weighted by molar-refractivity contribution is 6.33. The number of aromatic nitrogens is 3. The molecule has 6 aromatic carbocycles. The standard InChI is InChI=1S/C47H31N5O/c1-4-12-32(13-5-1)38-28-39-43(46-45(38)51-53-52-46)37-18-10-11-19-40(37)48-44(39)35-26-22-31(23-27-35)30-20-24-34(25-21-30)42-29-41(33-14-6-2-7-15-33)49-47(50-42)36-16-8-3-9-17-36/h1-29,46,52H. The summed E-state index contributed by atoms with van der Waals surface area (Å²) in [4.78, 5) is 20.7. The van der Waals surface area contributed by atoms with Gasteiger partial charge in [0.05, 0.1) is 22.6 Å². The Bertz CT molecular complexity index is 2630. The lowest BCUT2D eigenvalue weighted by atomic mass is 9.81. The molecule has 0 saturated carbocycles. The first-order chi connectivity index (χ1) is 26.3. The van der Waals surface area contributed by atoms with E-state index in [9.17, 15) is 0 Å². The molecule has 10 rings (SSSR count). The SMILES string of the molecule is C1=C(c2ccccc2)C2=NONC2c2c1c(-c1ccc(-c3ccc(-c4cc(-c5ccccc5)nc(-c5ccccc5)n4)cc3)cc1)nc1ccccc21. The fourth-order valence-electron chi connectivity index (χ4n) is 7.36. The van der Waals surface area contributed by atoms with E-state index in [1.165, 1.54) is 0 Å². The van der Waals surface area contributed by atoms with Gasteiger partial charge < -0.3 is 0 Å². The van der Waals surface area contributed by atoms with Crippen molar-refractivity contribution in [3.05, 3.63) is 187 Å². The van der Waals surface area contributed by atoms with Gasteiger partial charge in [-0.25, -0.2) is 15.0 Å². The molecule has 1 unspecified atom stereocenters. The molecule has 250 valence electrons. The Labute approximate surface area is 306 Å². The molecule has 3 heterocycles. The second-order valence-corrected chi connectivity index (χ2v) is 13.2. The summed E-state index contributed by atoms with van der Waals surface area (Å²) in [6.07, 6.45) is 2.22. The molecule has 6 heteroatoms. The van der Waals surface area contributed by atoms with Crippen LogP contribution in [0.15, 0.2) is 175 Å². The lowest BCUT2D eigenvalue weighted by molar-refractivity contribution is 0.0600. The van der Waals surface area contributed by atoms with Crippen LogP contribution in [0.5, 0.6) is 0 Å². The Morgan fingerprint density at radius 1 is 0.472 bits per heavy atom. The van der Waals surface area contributed by atoms with Gasteiger partial charge in [0, 0.05) is 38.8 Å². The third-order valence-electron chi connectivity index (χ3n) is 10.00. The molecule has 6 nitrogen and oxygen atoms in total. The molecule has 0 amide bonds. The molecule has 0 bridgehead atoms. The first-order valence-electron chi connectivity index (χ1n) is 17.7. The van der Waals surface area contributed by atoms with E-state index in [4.69, 9.17) is 19.9 Å². The number of pyridine rings is 1. The van der Waals surface area contributed by atoms with E-state index in [0.717, 1.165) is 89.3 Å². The second kappa shape index (κ2) is 12.9. The summed E-state index contributed by atoms with van der Waals surface area (Å²) < 4.78 is 0. The Morgan fingerprint density at radius 2 is 1.00 bits per heavy atom. The van der Waals surface area contributed by atoms with Crippen molar-refractivity contribution in [3.63, 3.8) is 0 Å². The van der Waals surface area contributed by atoms with Crippen LogP contribution in [-0.4, -0.2) is 20.7 Å². The van der Waals surface area contributed by atoms with Crippen molar-refractivity contribution in [1.82, 2.24) is 20.4 Å². The van der Waals surface area contributed by atoms with Crippen LogP contribution in [0, 0.1) is 0 Å². The summed E-state index contributed by atoms with van der Waals surface area (Å²) >= 11 is 0. The highest BCUT2D eigenvalue weighted by Crippen LogP contribution is 2.44. The molecule has 0 spiro atoms. The minimum Gasteiger partial charge on any atom is -0.298 e. The molecule has 1 N–H and O–H groups in total. The lowest BCUT2D eigenvalue weighted by Crippen LogP contribution is -2.26. The van der Waals surface area contributed by atoms with Crippen molar-refractivity contribution >= 4 is 28.3 Å². The number of hydrogen-bond acceptors (Lipinski definition) is 6. The van der Waals surface area contributed by atoms with E-state index in [1.807, 2.05) is 72.8 Å². The van der Waals surface area contributed by atoms with Gasteiger partial charge in [0.15, 0.2) is 5.82 Å². The Balaban J connectivity index is 1.02. The topological polar surface area (TPSA) is 72.3 Å². The Kier molecular flexibility index (Phi) is 7.52. The summed E-state index contributed by atoms with van der Waals surface area (Å²) in [6.45, 7) is 0. The van der Waals surface area contributed by atoms with Gasteiger partial charge in [0.25, 0.3) is 0 Å². The van der Waals surface area contributed by atoms with Crippen LogP contribution >= 0.6 is 0 Å². The molecule has 53 heavy (non-hydrogen) atoms. The van der Waals surface area contributed by atoms with Crippen LogP contribution < -0.4 is 5.48 Å². The summed E-state index contributed by atoms with van der Waals surface area (Å²) in [5, 5.41) is 5.52. The quantitative estimate of drug-likeness (QED) is 0.189. The number of para-hydroxylation sites is 1. The maximum atomic E-state index is 5.52. The smallest absolute Gasteiger partial charge is 0.160 e. The third-order valence-corrected chi connectivity index (χ3v) is 10.00. The molecule has 8 aromatic rings. The van der Waals surface area contributed by atoms with E-state index in [0.29, 0.717) is 5.82 Å². The number of hydroxylamine groups is 1. The minimum atomic E-state index is -0.211. The number of nitrogens with zero attached hydrogens (tertiary/aromatic N) is 4. The fraction of sp³-hybridized carbons (Fsp3) is 0.0213. The Morgan fingerprint density at radius 3 is 1.66 bits per heavy atom. The molecule has 2 aromatic heterocycles. The monoisotopic (exact) mass is 681 g/mol. The van der Waals surface area contributed by atoms with Crippen LogP contribution in [0.3, 0.4) is 0 Å². The lowest BCUT2D eigenvalue weighted by Gasteiger charge is -2.25. The fourth-order valence-corrected chi connectivity index (χ4v) is 7.36. The van der Waals surface area contributed by atoms with Crippen molar-refractivity contribution in [1.29, 1.82) is 0 Å². The van der Waals surface area contributed by atoms with Crippen LogP contribution in [0.4, 0.5) is 0 Å². The average molecular weight is 682 g/mol. The number of rotatable bonds is 6. The van der Waals surface area contributed by atoms with E-state index in [1.54, 1.807) is 0 Å². The number of hydrogen-bond donors (Lipinski definition) is 1. The van der Waals surface area contributed by atoms with Gasteiger partial charge in [-0.1, -0.05) is 163 Å². The number of fused-ring (bicyclic) bond motifs is 5. The third kappa shape index (κ3) is 5.58. The molecule has 0 radical (unpaired) electrons. The number of oxime groups is 1. The van der Waals surface area contributed by atoms with Gasteiger partial charge in [-0.2, -0.15) is 0 Å². The molecule has 0 fully saturated rings. The average Bonchev–Trinajstić information content (AvgIpc) is 3.74. The first kappa shape index (κ1) is 30.8. The normalized spacial score (nSPS) is 14.5. The van der Waals surface area contributed by atoms with Crippen LogP contribution in [0.1, 0.15) is 22.7 Å². The van der Waals surface area contributed by atoms with Gasteiger partial charge in [-0.3, -0.25) is 4.94 Å². The zero-order valence-corrected chi connectivity index (χ0v) is 28.5. The molecule has 1 aliphatic carbocycles. The second-order valence-electron chi connectivity index (χ2n) is 13.2. The zero-order chi connectivity index (χ0) is 35.1. The van der Waals surface area contributed by atoms with Gasteiger partial charge in [-0.05, 0) is 40.5 Å². The van der Waals surface area contributed by atoms with Gasteiger partial charge in [-0.15, -0.1) is 5.48 Å². The van der Waals surface area contributed by atoms with Crippen molar-refractivity contribution in [2.75, 3.05) is 0 Å². The van der Waals surface area contributed by atoms with E-state index in [-0.39, 0.29) is 6.04 Å². The highest BCUT2D eigenvalue weighted by atomic mass is 16.8. The van der Waals surface area contributed by atoms with Crippen LogP contribution in [0.2, 0.25) is 0 Å². The molecular weight excluding hydrogens is 651 g/mol. The van der Waals surface area contributed by atoms with Crippen molar-refractivity contribution < 1.29 is 4.94 Å². The van der Waals surface area contributed by atoms with E-state index < -0.39 is 0 Å². The number of benzene rings is 6. The van der Waals surface area contributed by atoms with Crippen molar-refractivity contribution in [3.8, 4) is 56.3 Å². The molecule has 1 atom stereocenters. The maximum absolute atomic E-state index is 5.52. The minimum absolute atomic E-state index is 0.211. The highest BCUT2D eigenvalue weighted by Gasteiger charge is 2.36. The summed E-state index contributed by atoms with van der Waals surface area (Å²) in [5.74, 6) is 0.705. The number of nitrogens with one attached hydrogen (secondary N) is 1. The molecular formula is C47H31N5O. The van der Waals surface area contributed by atoms with Gasteiger partial charge >= 0.3 is 0 Å². The zero-order valence-electron chi connectivity index (χ0n) is 28.5. The maximum Gasteiger partial charge on any atom is 0.160 e. The largest absolute Gasteiger partial charge is 0.298 e. The summed E-state index contributed by atoms with van der Waals surface area (Å²) in [7, 11) is 0. The predicted octanol–water partition coefficient (Wildman–Crippen LogP) is 10.8. The van der Waals surface area contributed by atoms with E-state index in [2.05, 4.69) is 114 Å². The van der Waals surface area contributed by atoms with Gasteiger partial charge in [0.1, 0.15) is 11.8 Å². The summed E-state index contributed by atoms with van der Waals surface area (Å²) in [6, 6.07) is 58.2. The van der Waals surface area contributed by atoms with Crippen LogP contribution in [-0.2, 0) is 4.94 Å². The molecule has 0 saturated heterocycles. The van der Waals surface area contributed by atoms with E-state index >= 15 is 0 Å². The predicted molar refractivity (Wildman–Crippen MR) is 213 cm³/mol. The molecule has 2 aliphatic rings. The van der Waals surface area contributed by atoms with Crippen molar-refractivity contribution in [2.45, 2.75) is 6.04 Å². The van der Waals surface area contributed by atoms with Crippen molar-refractivity contribution in [2.24, 2.45) is 5.16 Å². The summed E-state index contributed by atoms with van der Waals surface area (Å²) in [5.41, 5.74) is 18.3.